The number of ether oxygens (including phenoxy) is 1. The van der Waals surface area contributed by atoms with Gasteiger partial charge in [0, 0.05) is 25.5 Å². The molecule has 0 aliphatic rings. The summed E-state index contributed by atoms with van der Waals surface area (Å²) in [5.74, 6) is 0.905. The first kappa shape index (κ1) is 12.7. The van der Waals surface area contributed by atoms with Crippen LogP contribution in [0.1, 0.15) is 5.69 Å². The summed E-state index contributed by atoms with van der Waals surface area (Å²) >= 11 is 0. The molecule has 4 heteroatoms. The molecule has 0 aliphatic carbocycles. The second-order valence-corrected chi connectivity index (χ2v) is 4.54. The van der Waals surface area contributed by atoms with Crippen LogP contribution >= 0.6 is 0 Å². The first-order valence-electron chi connectivity index (χ1n) is 6.73. The number of nitrogens with zero attached hydrogens (tertiary/aromatic N) is 2. The van der Waals surface area contributed by atoms with Gasteiger partial charge in [-0.1, -0.05) is 24.3 Å². The molecule has 0 spiro atoms. The van der Waals surface area contributed by atoms with E-state index in [1.807, 2.05) is 65.3 Å². The Morgan fingerprint density at radius 3 is 2.75 bits per heavy atom. The minimum absolute atomic E-state index is 0.650. The van der Waals surface area contributed by atoms with Crippen molar-refractivity contribution in [2.75, 3.05) is 13.2 Å². The van der Waals surface area contributed by atoms with Gasteiger partial charge < -0.3 is 14.5 Å². The number of aromatic nitrogens is 2. The minimum Gasteiger partial charge on any atom is -0.492 e. The van der Waals surface area contributed by atoms with Crippen LogP contribution in [0.4, 0.5) is 0 Å². The van der Waals surface area contributed by atoms with Crippen LogP contribution in [0, 0.1) is 0 Å². The third-order valence-corrected chi connectivity index (χ3v) is 3.01. The number of imidazole rings is 1. The van der Waals surface area contributed by atoms with E-state index in [1.54, 1.807) is 0 Å². The third-order valence-electron chi connectivity index (χ3n) is 3.01. The van der Waals surface area contributed by atoms with Gasteiger partial charge in [0.2, 0.25) is 0 Å². The van der Waals surface area contributed by atoms with E-state index < -0.39 is 0 Å². The third kappa shape index (κ3) is 3.16. The molecule has 2 heterocycles. The standard InChI is InChI=1S/C16H17N3O/c1-2-6-15(7-3-1)20-11-9-17-12-14-13-19-10-5-4-8-16(19)18-14/h1-8,10,13,17H,9,11-12H2. The Morgan fingerprint density at radius 1 is 1.05 bits per heavy atom. The molecular formula is C16H17N3O. The van der Waals surface area contributed by atoms with Crippen molar-refractivity contribution in [2.45, 2.75) is 6.54 Å². The van der Waals surface area contributed by atoms with Crippen LogP contribution in [0.2, 0.25) is 0 Å². The molecule has 102 valence electrons. The maximum atomic E-state index is 5.61. The highest BCUT2D eigenvalue weighted by Gasteiger charge is 2.00. The highest BCUT2D eigenvalue weighted by Crippen LogP contribution is 2.07. The Hall–Kier alpha value is -2.33. The summed E-state index contributed by atoms with van der Waals surface area (Å²) in [6, 6.07) is 15.8. The minimum atomic E-state index is 0.650. The van der Waals surface area contributed by atoms with Crippen molar-refractivity contribution >= 4 is 5.65 Å². The van der Waals surface area contributed by atoms with E-state index in [-0.39, 0.29) is 0 Å². The van der Waals surface area contributed by atoms with Gasteiger partial charge in [-0.05, 0) is 24.3 Å². The van der Waals surface area contributed by atoms with Crippen LogP contribution in [0.15, 0.2) is 60.9 Å². The maximum Gasteiger partial charge on any atom is 0.137 e. The van der Waals surface area contributed by atoms with Crippen molar-refractivity contribution in [3.05, 3.63) is 66.6 Å². The zero-order valence-electron chi connectivity index (χ0n) is 11.2. The van der Waals surface area contributed by atoms with Crippen LogP contribution in [0.3, 0.4) is 0 Å². The number of para-hydroxylation sites is 1. The van der Waals surface area contributed by atoms with E-state index in [2.05, 4.69) is 10.3 Å². The SMILES string of the molecule is c1ccc(OCCNCc2cn3ccccc3n2)cc1. The van der Waals surface area contributed by atoms with E-state index in [0.29, 0.717) is 6.61 Å². The van der Waals surface area contributed by atoms with Gasteiger partial charge in [0.25, 0.3) is 0 Å². The number of benzene rings is 1. The van der Waals surface area contributed by atoms with Gasteiger partial charge >= 0.3 is 0 Å². The number of rotatable bonds is 6. The van der Waals surface area contributed by atoms with Crippen molar-refractivity contribution in [1.29, 1.82) is 0 Å². The average Bonchev–Trinajstić information content (AvgIpc) is 2.90. The topological polar surface area (TPSA) is 38.6 Å². The fourth-order valence-corrected chi connectivity index (χ4v) is 2.05. The Balaban J connectivity index is 1.43. The summed E-state index contributed by atoms with van der Waals surface area (Å²) < 4.78 is 7.64. The van der Waals surface area contributed by atoms with E-state index in [0.717, 1.165) is 30.2 Å². The number of fused-ring (bicyclic) bond motifs is 1. The van der Waals surface area contributed by atoms with Crippen molar-refractivity contribution in [1.82, 2.24) is 14.7 Å². The predicted octanol–water partition coefficient (Wildman–Crippen LogP) is 2.50. The lowest BCUT2D eigenvalue weighted by molar-refractivity contribution is 0.313. The molecule has 2 aromatic heterocycles. The Kier molecular flexibility index (Phi) is 3.94. The second kappa shape index (κ2) is 6.21. The molecule has 0 atom stereocenters. The molecule has 0 bridgehead atoms. The van der Waals surface area contributed by atoms with Gasteiger partial charge in [-0.2, -0.15) is 0 Å². The first-order chi connectivity index (χ1) is 9.92. The summed E-state index contributed by atoms with van der Waals surface area (Å²) in [5.41, 5.74) is 2.01. The summed E-state index contributed by atoms with van der Waals surface area (Å²) in [4.78, 5) is 4.53. The van der Waals surface area contributed by atoms with E-state index in [4.69, 9.17) is 4.74 Å². The highest BCUT2D eigenvalue weighted by molar-refractivity contribution is 5.39. The van der Waals surface area contributed by atoms with E-state index in [1.165, 1.54) is 0 Å². The van der Waals surface area contributed by atoms with Gasteiger partial charge in [-0.25, -0.2) is 4.98 Å². The van der Waals surface area contributed by atoms with Crippen LogP contribution in [0.25, 0.3) is 5.65 Å². The van der Waals surface area contributed by atoms with Crippen LogP contribution in [0.5, 0.6) is 5.75 Å². The Morgan fingerprint density at radius 2 is 1.90 bits per heavy atom. The quantitative estimate of drug-likeness (QED) is 0.697. The molecule has 3 rings (SSSR count). The van der Waals surface area contributed by atoms with Crippen LogP contribution in [-0.4, -0.2) is 22.5 Å². The first-order valence-corrected chi connectivity index (χ1v) is 6.73. The normalized spacial score (nSPS) is 10.8. The van der Waals surface area contributed by atoms with E-state index in [9.17, 15) is 0 Å². The summed E-state index contributed by atoms with van der Waals surface area (Å²) in [5, 5.41) is 3.33. The smallest absolute Gasteiger partial charge is 0.137 e. The molecule has 0 aliphatic heterocycles. The fourth-order valence-electron chi connectivity index (χ4n) is 2.05. The van der Waals surface area contributed by atoms with Crippen molar-refractivity contribution in [2.24, 2.45) is 0 Å². The molecular weight excluding hydrogens is 250 g/mol. The zero-order valence-corrected chi connectivity index (χ0v) is 11.2. The summed E-state index contributed by atoms with van der Waals surface area (Å²) in [6.07, 6.45) is 4.05. The highest BCUT2D eigenvalue weighted by atomic mass is 16.5. The monoisotopic (exact) mass is 267 g/mol. The van der Waals surface area contributed by atoms with Gasteiger partial charge in [-0.3, -0.25) is 0 Å². The predicted molar refractivity (Wildman–Crippen MR) is 78.8 cm³/mol. The maximum absolute atomic E-state index is 5.61. The molecule has 1 aromatic carbocycles. The molecule has 3 aromatic rings. The lowest BCUT2D eigenvalue weighted by Crippen LogP contribution is -2.20. The molecule has 0 fully saturated rings. The van der Waals surface area contributed by atoms with Crippen molar-refractivity contribution in [3.63, 3.8) is 0 Å². The number of nitrogens with one attached hydrogen (secondary N) is 1. The van der Waals surface area contributed by atoms with E-state index >= 15 is 0 Å². The molecule has 0 amide bonds. The molecule has 20 heavy (non-hydrogen) atoms. The molecule has 0 unspecified atom stereocenters. The zero-order chi connectivity index (χ0) is 13.6. The van der Waals surface area contributed by atoms with Gasteiger partial charge in [0.1, 0.15) is 18.0 Å². The van der Waals surface area contributed by atoms with Crippen LogP contribution < -0.4 is 10.1 Å². The molecule has 4 nitrogen and oxygen atoms in total. The van der Waals surface area contributed by atoms with Gasteiger partial charge in [0.05, 0.1) is 5.69 Å². The largest absolute Gasteiger partial charge is 0.492 e. The summed E-state index contributed by atoms with van der Waals surface area (Å²) in [7, 11) is 0. The lowest BCUT2D eigenvalue weighted by atomic mass is 10.3. The van der Waals surface area contributed by atoms with Crippen LogP contribution in [-0.2, 0) is 6.54 Å². The average molecular weight is 267 g/mol. The lowest BCUT2D eigenvalue weighted by Gasteiger charge is -2.06. The number of hydrogen-bond acceptors (Lipinski definition) is 3. The Bertz CT molecular complexity index is 631. The number of pyridine rings is 1. The second-order valence-electron chi connectivity index (χ2n) is 4.54. The number of hydrogen-bond donors (Lipinski definition) is 1. The molecule has 0 saturated carbocycles. The van der Waals surface area contributed by atoms with Gasteiger partial charge in [0.15, 0.2) is 0 Å². The summed E-state index contributed by atoms with van der Waals surface area (Å²) in [6.45, 7) is 2.19. The van der Waals surface area contributed by atoms with Gasteiger partial charge in [-0.15, -0.1) is 0 Å². The van der Waals surface area contributed by atoms with Crippen molar-refractivity contribution in [3.8, 4) is 5.75 Å². The molecule has 0 radical (unpaired) electrons. The Labute approximate surface area is 118 Å². The van der Waals surface area contributed by atoms with Crippen molar-refractivity contribution < 1.29 is 4.74 Å². The molecule has 1 N–H and O–H groups in total. The molecule has 0 saturated heterocycles. The fraction of sp³-hybridized carbons (Fsp3) is 0.188.